The first-order chi connectivity index (χ1) is 12.7. The highest BCUT2D eigenvalue weighted by Crippen LogP contribution is 2.25. The molecule has 134 valence electrons. The first kappa shape index (κ1) is 18.1. The van der Waals surface area contributed by atoms with Gasteiger partial charge in [-0.1, -0.05) is 42.5 Å². The van der Waals surface area contributed by atoms with E-state index in [0.717, 1.165) is 16.7 Å². The van der Waals surface area contributed by atoms with Crippen molar-refractivity contribution in [2.75, 3.05) is 13.7 Å². The average molecular weight is 348 g/mol. The summed E-state index contributed by atoms with van der Waals surface area (Å²) in [5.74, 6) is 0.705. The number of para-hydroxylation sites is 1. The summed E-state index contributed by atoms with van der Waals surface area (Å²) in [5.41, 5.74) is 4.29. The standard InChI is InChI=1S/C22H24N2O2/c1-16(24-15-21(25)20-5-3-4-6-22(20)26-2)17-7-9-18(10-8-17)19-11-13-23-14-12-19/h3-14,16,21,24-25H,15H2,1-2H3. The van der Waals surface area contributed by atoms with Gasteiger partial charge in [0.1, 0.15) is 5.75 Å². The number of aliphatic hydroxyl groups excluding tert-OH is 1. The third-order valence-electron chi connectivity index (χ3n) is 4.54. The van der Waals surface area contributed by atoms with E-state index < -0.39 is 6.10 Å². The van der Waals surface area contributed by atoms with Crippen LogP contribution in [0.25, 0.3) is 11.1 Å². The SMILES string of the molecule is COc1ccccc1C(O)CNC(C)c1ccc(-c2ccncc2)cc1. The fraction of sp³-hybridized carbons (Fsp3) is 0.227. The number of ether oxygens (including phenoxy) is 1. The van der Waals surface area contributed by atoms with Crippen molar-refractivity contribution in [3.63, 3.8) is 0 Å². The zero-order chi connectivity index (χ0) is 18.4. The van der Waals surface area contributed by atoms with Gasteiger partial charge in [0.2, 0.25) is 0 Å². The van der Waals surface area contributed by atoms with Gasteiger partial charge in [-0.3, -0.25) is 4.98 Å². The number of hydrogen-bond acceptors (Lipinski definition) is 4. The molecule has 0 amide bonds. The Kier molecular flexibility index (Phi) is 6.00. The Morgan fingerprint density at radius 1 is 0.962 bits per heavy atom. The van der Waals surface area contributed by atoms with Gasteiger partial charge in [-0.25, -0.2) is 0 Å². The lowest BCUT2D eigenvalue weighted by Gasteiger charge is -2.19. The lowest BCUT2D eigenvalue weighted by molar-refractivity contribution is 0.166. The van der Waals surface area contributed by atoms with Crippen molar-refractivity contribution in [2.24, 2.45) is 0 Å². The maximum atomic E-state index is 10.5. The van der Waals surface area contributed by atoms with Crippen LogP contribution in [0.4, 0.5) is 0 Å². The number of nitrogens with one attached hydrogen (secondary N) is 1. The van der Waals surface area contributed by atoms with E-state index in [1.807, 2.05) is 36.4 Å². The molecule has 2 N–H and O–H groups in total. The Hall–Kier alpha value is -2.69. The Balaban J connectivity index is 1.62. The molecule has 4 nitrogen and oxygen atoms in total. The Bertz CT molecular complexity index is 819. The third-order valence-corrected chi connectivity index (χ3v) is 4.54. The van der Waals surface area contributed by atoms with Crippen molar-refractivity contribution in [1.29, 1.82) is 0 Å². The van der Waals surface area contributed by atoms with Crippen LogP contribution in [0.3, 0.4) is 0 Å². The number of rotatable bonds is 7. The number of hydrogen-bond donors (Lipinski definition) is 2. The van der Waals surface area contributed by atoms with Crippen molar-refractivity contribution in [3.05, 3.63) is 84.2 Å². The zero-order valence-corrected chi connectivity index (χ0v) is 15.1. The largest absolute Gasteiger partial charge is 0.496 e. The van der Waals surface area contributed by atoms with E-state index in [4.69, 9.17) is 4.74 Å². The molecule has 0 radical (unpaired) electrons. The Morgan fingerprint density at radius 2 is 1.62 bits per heavy atom. The number of methoxy groups -OCH3 is 1. The quantitative estimate of drug-likeness (QED) is 0.674. The molecule has 3 aromatic rings. The van der Waals surface area contributed by atoms with Crippen LogP contribution in [0.15, 0.2) is 73.1 Å². The lowest BCUT2D eigenvalue weighted by Crippen LogP contribution is -2.24. The fourth-order valence-corrected chi connectivity index (χ4v) is 2.97. The van der Waals surface area contributed by atoms with Crippen LogP contribution in [0.2, 0.25) is 0 Å². The van der Waals surface area contributed by atoms with E-state index in [9.17, 15) is 5.11 Å². The molecular formula is C22H24N2O2. The molecule has 0 spiro atoms. The van der Waals surface area contributed by atoms with E-state index in [1.165, 1.54) is 5.56 Å². The molecule has 0 aliphatic carbocycles. The molecule has 1 heterocycles. The van der Waals surface area contributed by atoms with Crippen molar-refractivity contribution in [1.82, 2.24) is 10.3 Å². The molecule has 0 bridgehead atoms. The lowest BCUT2D eigenvalue weighted by atomic mass is 10.0. The van der Waals surface area contributed by atoms with Crippen LogP contribution in [-0.2, 0) is 0 Å². The summed E-state index contributed by atoms with van der Waals surface area (Å²) < 4.78 is 5.32. The fourth-order valence-electron chi connectivity index (χ4n) is 2.97. The number of aliphatic hydroxyl groups is 1. The molecule has 0 aliphatic heterocycles. The van der Waals surface area contributed by atoms with Gasteiger partial charge in [0.25, 0.3) is 0 Å². The monoisotopic (exact) mass is 348 g/mol. The highest BCUT2D eigenvalue weighted by atomic mass is 16.5. The van der Waals surface area contributed by atoms with E-state index >= 15 is 0 Å². The van der Waals surface area contributed by atoms with Gasteiger partial charge >= 0.3 is 0 Å². The average Bonchev–Trinajstić information content (AvgIpc) is 2.72. The van der Waals surface area contributed by atoms with Gasteiger partial charge in [-0.15, -0.1) is 0 Å². The molecular weight excluding hydrogens is 324 g/mol. The minimum atomic E-state index is -0.621. The molecule has 1 aromatic heterocycles. The van der Waals surface area contributed by atoms with Gasteiger partial charge in [0.05, 0.1) is 13.2 Å². The van der Waals surface area contributed by atoms with Crippen LogP contribution in [0.1, 0.15) is 30.2 Å². The molecule has 26 heavy (non-hydrogen) atoms. The summed E-state index contributed by atoms with van der Waals surface area (Å²) in [6, 6.07) is 20.1. The normalized spacial score (nSPS) is 13.2. The van der Waals surface area contributed by atoms with Crippen LogP contribution in [0.5, 0.6) is 5.75 Å². The second-order valence-corrected chi connectivity index (χ2v) is 6.25. The van der Waals surface area contributed by atoms with E-state index in [1.54, 1.807) is 19.5 Å². The predicted octanol–water partition coefficient (Wildman–Crippen LogP) is 4.14. The van der Waals surface area contributed by atoms with E-state index in [2.05, 4.69) is 41.5 Å². The smallest absolute Gasteiger partial charge is 0.124 e. The first-order valence-electron chi connectivity index (χ1n) is 8.73. The highest BCUT2D eigenvalue weighted by molar-refractivity contribution is 5.62. The third kappa shape index (κ3) is 4.28. The van der Waals surface area contributed by atoms with Gasteiger partial charge in [-0.2, -0.15) is 0 Å². The molecule has 0 fully saturated rings. The maximum Gasteiger partial charge on any atom is 0.124 e. The topological polar surface area (TPSA) is 54.4 Å². The summed E-state index contributed by atoms with van der Waals surface area (Å²) in [6.07, 6.45) is 2.98. The maximum absolute atomic E-state index is 10.5. The number of pyridine rings is 1. The Labute approximate surface area is 154 Å². The summed E-state index contributed by atoms with van der Waals surface area (Å²) in [6.45, 7) is 2.55. The first-order valence-corrected chi connectivity index (χ1v) is 8.73. The zero-order valence-electron chi connectivity index (χ0n) is 15.1. The van der Waals surface area contributed by atoms with E-state index in [0.29, 0.717) is 12.3 Å². The van der Waals surface area contributed by atoms with Gasteiger partial charge < -0.3 is 15.2 Å². The Morgan fingerprint density at radius 3 is 2.31 bits per heavy atom. The second kappa shape index (κ2) is 8.61. The number of nitrogens with zero attached hydrogens (tertiary/aromatic N) is 1. The summed E-state index contributed by atoms with van der Waals surface area (Å²) >= 11 is 0. The van der Waals surface area contributed by atoms with Crippen LogP contribution < -0.4 is 10.1 Å². The second-order valence-electron chi connectivity index (χ2n) is 6.25. The number of aromatic nitrogens is 1. The highest BCUT2D eigenvalue weighted by Gasteiger charge is 2.14. The molecule has 2 atom stereocenters. The van der Waals surface area contributed by atoms with Crippen molar-refractivity contribution < 1.29 is 9.84 Å². The molecule has 0 saturated carbocycles. The minimum Gasteiger partial charge on any atom is -0.496 e. The minimum absolute atomic E-state index is 0.130. The van der Waals surface area contributed by atoms with Crippen LogP contribution >= 0.6 is 0 Å². The van der Waals surface area contributed by atoms with Gasteiger partial charge in [0.15, 0.2) is 0 Å². The predicted molar refractivity (Wildman–Crippen MR) is 104 cm³/mol. The summed E-state index contributed by atoms with van der Waals surface area (Å²) in [5, 5.41) is 13.9. The van der Waals surface area contributed by atoms with Crippen molar-refractivity contribution >= 4 is 0 Å². The molecule has 0 saturated heterocycles. The summed E-state index contributed by atoms with van der Waals surface area (Å²) in [7, 11) is 1.62. The molecule has 4 heteroatoms. The molecule has 2 unspecified atom stereocenters. The van der Waals surface area contributed by atoms with Crippen molar-refractivity contribution in [2.45, 2.75) is 19.1 Å². The van der Waals surface area contributed by atoms with Crippen LogP contribution in [0, 0.1) is 0 Å². The van der Waals surface area contributed by atoms with Gasteiger partial charge in [-0.05, 0) is 41.8 Å². The van der Waals surface area contributed by atoms with Crippen LogP contribution in [-0.4, -0.2) is 23.7 Å². The molecule has 0 aliphatic rings. The molecule has 3 rings (SSSR count). The number of benzene rings is 2. The van der Waals surface area contributed by atoms with Gasteiger partial charge in [0, 0.05) is 30.5 Å². The molecule has 2 aromatic carbocycles. The van der Waals surface area contributed by atoms with E-state index in [-0.39, 0.29) is 6.04 Å². The summed E-state index contributed by atoms with van der Waals surface area (Å²) in [4.78, 5) is 4.05. The van der Waals surface area contributed by atoms with Crippen molar-refractivity contribution in [3.8, 4) is 16.9 Å².